The quantitative estimate of drug-likeness (QED) is 0.620. The van der Waals surface area contributed by atoms with Crippen molar-refractivity contribution in [3.63, 3.8) is 0 Å². The maximum absolute atomic E-state index is 4.55. The molecule has 0 fully saturated rings. The average Bonchev–Trinajstić information content (AvgIpc) is 2.88. The summed E-state index contributed by atoms with van der Waals surface area (Å²) >= 11 is 3.65. The molecular formula is C18H19BrN2. The smallest absolute Gasteiger partial charge is 0.0958 e. The van der Waals surface area contributed by atoms with Crippen LogP contribution in [0.4, 0.5) is 0 Å². The van der Waals surface area contributed by atoms with Crippen LogP contribution < -0.4 is 0 Å². The van der Waals surface area contributed by atoms with Gasteiger partial charge in [-0.2, -0.15) is 0 Å². The molecule has 0 aliphatic rings. The number of fused-ring (bicyclic) bond motifs is 1. The van der Waals surface area contributed by atoms with Crippen molar-refractivity contribution >= 4 is 27.0 Å². The predicted octanol–water partition coefficient (Wildman–Crippen LogP) is 4.83. The summed E-state index contributed by atoms with van der Waals surface area (Å²) in [6, 6.07) is 15.1. The molecule has 108 valence electrons. The van der Waals surface area contributed by atoms with Crippen LogP contribution in [0, 0.1) is 13.8 Å². The van der Waals surface area contributed by atoms with Gasteiger partial charge in [0.2, 0.25) is 0 Å². The van der Waals surface area contributed by atoms with Gasteiger partial charge >= 0.3 is 0 Å². The number of aromatic nitrogens is 2. The van der Waals surface area contributed by atoms with E-state index < -0.39 is 0 Å². The third-order valence-corrected chi connectivity index (χ3v) is 4.89. The summed E-state index contributed by atoms with van der Waals surface area (Å²) in [6.07, 6.45) is 1.96. The molecule has 0 saturated carbocycles. The van der Waals surface area contributed by atoms with Crippen LogP contribution in [0.1, 0.15) is 22.6 Å². The molecule has 1 unspecified atom stereocenters. The van der Waals surface area contributed by atoms with Gasteiger partial charge < -0.3 is 4.57 Å². The van der Waals surface area contributed by atoms with E-state index in [0.29, 0.717) is 5.92 Å². The van der Waals surface area contributed by atoms with E-state index in [0.717, 1.165) is 17.4 Å². The summed E-state index contributed by atoms with van der Waals surface area (Å²) < 4.78 is 2.26. The van der Waals surface area contributed by atoms with E-state index in [-0.39, 0.29) is 0 Å². The van der Waals surface area contributed by atoms with Gasteiger partial charge in [0.1, 0.15) is 0 Å². The van der Waals surface area contributed by atoms with Crippen LogP contribution in [0.15, 0.2) is 48.8 Å². The predicted molar refractivity (Wildman–Crippen MR) is 92.2 cm³/mol. The second kappa shape index (κ2) is 6.02. The fourth-order valence-corrected chi connectivity index (χ4v) is 3.24. The topological polar surface area (TPSA) is 17.8 Å². The zero-order valence-corrected chi connectivity index (χ0v) is 14.0. The molecule has 1 aromatic heterocycles. The minimum atomic E-state index is 0.449. The molecule has 3 aromatic rings. The number of benzene rings is 2. The second-order valence-electron chi connectivity index (χ2n) is 5.58. The lowest BCUT2D eigenvalue weighted by Crippen LogP contribution is -2.10. The zero-order valence-electron chi connectivity index (χ0n) is 12.4. The first kappa shape index (κ1) is 14.3. The third kappa shape index (κ3) is 2.88. The molecule has 0 aliphatic heterocycles. The lowest BCUT2D eigenvalue weighted by molar-refractivity contribution is 0.619. The molecule has 0 saturated heterocycles. The molecule has 3 rings (SSSR count). The molecule has 1 atom stereocenters. The highest BCUT2D eigenvalue weighted by atomic mass is 79.9. The summed E-state index contributed by atoms with van der Waals surface area (Å²) in [5, 5.41) is 0.946. The first-order valence-corrected chi connectivity index (χ1v) is 8.34. The Labute approximate surface area is 134 Å². The third-order valence-electron chi connectivity index (χ3n) is 4.11. The Bertz CT molecular complexity index is 747. The molecule has 2 nitrogen and oxygen atoms in total. The number of nitrogens with zero attached hydrogens (tertiary/aromatic N) is 2. The van der Waals surface area contributed by atoms with E-state index in [2.05, 4.69) is 81.8 Å². The highest BCUT2D eigenvalue weighted by molar-refractivity contribution is 9.09. The Morgan fingerprint density at radius 1 is 1.10 bits per heavy atom. The van der Waals surface area contributed by atoms with Crippen molar-refractivity contribution in [1.82, 2.24) is 9.55 Å². The van der Waals surface area contributed by atoms with Crippen LogP contribution in [-0.2, 0) is 6.54 Å². The number of aryl methyl sites for hydroxylation is 2. The van der Waals surface area contributed by atoms with Crippen LogP contribution >= 0.6 is 15.9 Å². The van der Waals surface area contributed by atoms with Crippen molar-refractivity contribution in [2.75, 3.05) is 5.33 Å². The summed E-state index contributed by atoms with van der Waals surface area (Å²) in [4.78, 5) is 4.55. The van der Waals surface area contributed by atoms with Gasteiger partial charge in [-0.25, -0.2) is 4.98 Å². The Hall–Kier alpha value is -1.61. The summed E-state index contributed by atoms with van der Waals surface area (Å²) in [7, 11) is 0. The summed E-state index contributed by atoms with van der Waals surface area (Å²) in [5.74, 6) is 0.449. The number of hydrogen-bond acceptors (Lipinski definition) is 1. The highest BCUT2D eigenvalue weighted by Crippen LogP contribution is 2.24. The van der Waals surface area contributed by atoms with Gasteiger partial charge in [-0.15, -0.1) is 0 Å². The van der Waals surface area contributed by atoms with Crippen molar-refractivity contribution < 1.29 is 0 Å². The van der Waals surface area contributed by atoms with Gasteiger partial charge in [-0.3, -0.25) is 0 Å². The van der Waals surface area contributed by atoms with Gasteiger partial charge in [0.05, 0.1) is 17.4 Å². The van der Waals surface area contributed by atoms with Crippen LogP contribution in [0.3, 0.4) is 0 Å². The Morgan fingerprint density at radius 3 is 2.52 bits per heavy atom. The molecular weight excluding hydrogens is 324 g/mol. The summed E-state index contributed by atoms with van der Waals surface area (Å²) in [6.45, 7) is 5.23. The van der Waals surface area contributed by atoms with Crippen molar-refractivity contribution in [3.8, 4) is 0 Å². The van der Waals surface area contributed by atoms with E-state index in [1.165, 1.54) is 22.2 Å². The largest absolute Gasteiger partial charge is 0.330 e. The SMILES string of the molecule is Cc1cc2ncn(CC(CBr)c3ccccc3)c2cc1C. The van der Waals surface area contributed by atoms with Gasteiger partial charge in [0.15, 0.2) is 0 Å². The monoisotopic (exact) mass is 342 g/mol. The fraction of sp³-hybridized carbons (Fsp3) is 0.278. The van der Waals surface area contributed by atoms with Crippen LogP contribution in [-0.4, -0.2) is 14.9 Å². The van der Waals surface area contributed by atoms with Crippen molar-refractivity contribution in [2.45, 2.75) is 26.3 Å². The Morgan fingerprint density at radius 2 is 1.81 bits per heavy atom. The fourth-order valence-electron chi connectivity index (χ4n) is 2.66. The second-order valence-corrected chi connectivity index (χ2v) is 6.23. The molecule has 3 heteroatoms. The molecule has 1 heterocycles. The lowest BCUT2D eigenvalue weighted by atomic mass is 10.0. The molecule has 0 bridgehead atoms. The molecule has 0 radical (unpaired) electrons. The Kier molecular flexibility index (Phi) is 4.11. The first-order valence-electron chi connectivity index (χ1n) is 7.22. The number of alkyl halides is 1. The minimum absolute atomic E-state index is 0.449. The van der Waals surface area contributed by atoms with Crippen LogP contribution in [0.2, 0.25) is 0 Å². The molecule has 2 aromatic carbocycles. The molecule has 0 aliphatic carbocycles. The molecule has 21 heavy (non-hydrogen) atoms. The standard InChI is InChI=1S/C18H19BrN2/c1-13-8-17-18(9-14(13)2)21(12-20-17)11-16(10-19)15-6-4-3-5-7-15/h3-9,12,16H,10-11H2,1-2H3. The molecule has 0 spiro atoms. The van der Waals surface area contributed by atoms with Gasteiger partial charge in [-0.1, -0.05) is 46.3 Å². The molecule has 0 N–H and O–H groups in total. The number of imidazole rings is 1. The van der Waals surface area contributed by atoms with E-state index in [1.54, 1.807) is 0 Å². The normalized spacial score (nSPS) is 12.7. The lowest BCUT2D eigenvalue weighted by Gasteiger charge is -2.16. The number of hydrogen-bond donors (Lipinski definition) is 0. The van der Waals surface area contributed by atoms with Crippen molar-refractivity contribution in [2.24, 2.45) is 0 Å². The highest BCUT2D eigenvalue weighted by Gasteiger charge is 2.13. The zero-order chi connectivity index (χ0) is 14.8. The van der Waals surface area contributed by atoms with Crippen LogP contribution in [0.5, 0.6) is 0 Å². The minimum Gasteiger partial charge on any atom is -0.330 e. The maximum Gasteiger partial charge on any atom is 0.0958 e. The first-order chi connectivity index (χ1) is 10.2. The van der Waals surface area contributed by atoms with E-state index in [1.807, 2.05) is 6.33 Å². The average molecular weight is 343 g/mol. The van der Waals surface area contributed by atoms with Crippen molar-refractivity contribution in [1.29, 1.82) is 0 Å². The van der Waals surface area contributed by atoms with E-state index in [9.17, 15) is 0 Å². The molecule has 0 amide bonds. The maximum atomic E-state index is 4.55. The van der Waals surface area contributed by atoms with Crippen molar-refractivity contribution in [3.05, 3.63) is 65.5 Å². The van der Waals surface area contributed by atoms with Crippen LogP contribution in [0.25, 0.3) is 11.0 Å². The van der Waals surface area contributed by atoms with Gasteiger partial charge in [0.25, 0.3) is 0 Å². The summed E-state index contributed by atoms with van der Waals surface area (Å²) in [5.41, 5.74) is 6.28. The van der Waals surface area contributed by atoms with E-state index in [4.69, 9.17) is 0 Å². The number of rotatable bonds is 4. The van der Waals surface area contributed by atoms with Gasteiger partial charge in [-0.05, 0) is 42.7 Å². The van der Waals surface area contributed by atoms with E-state index >= 15 is 0 Å². The number of halogens is 1. The van der Waals surface area contributed by atoms with Gasteiger partial charge in [0, 0.05) is 17.8 Å². The Balaban J connectivity index is 1.95.